The number of amides is 2. The van der Waals surface area contributed by atoms with Crippen LogP contribution in [0.25, 0.3) is 0 Å². The lowest BCUT2D eigenvalue weighted by Crippen LogP contribution is -2.56. The Morgan fingerprint density at radius 3 is 2.65 bits per heavy atom. The highest BCUT2D eigenvalue weighted by atomic mass is 32.2. The first-order valence-electron chi connectivity index (χ1n) is 9.19. The van der Waals surface area contributed by atoms with E-state index in [0.29, 0.717) is 44.0 Å². The average Bonchev–Trinajstić information content (AvgIpc) is 3.40. The van der Waals surface area contributed by atoms with Crippen molar-refractivity contribution in [1.82, 2.24) is 9.80 Å². The molecule has 3 fully saturated rings. The van der Waals surface area contributed by atoms with Crippen LogP contribution in [-0.2, 0) is 26.8 Å². The average molecular weight is 378 g/mol. The Bertz CT molecular complexity index is 757. The molecular weight excluding hydrogens is 355 g/mol. The number of benzene rings is 1. The molecule has 5 nitrogen and oxygen atoms in total. The van der Waals surface area contributed by atoms with E-state index < -0.39 is 15.7 Å². The minimum Gasteiger partial charge on any atom is -0.342 e. The minimum absolute atomic E-state index is 0.00484. The van der Waals surface area contributed by atoms with E-state index in [-0.39, 0.29) is 29.8 Å². The molecule has 1 saturated carbocycles. The van der Waals surface area contributed by atoms with E-state index >= 15 is 0 Å². The van der Waals surface area contributed by atoms with E-state index in [4.69, 9.17) is 0 Å². The Morgan fingerprint density at radius 2 is 2.00 bits per heavy atom. The number of halogens is 1. The summed E-state index contributed by atoms with van der Waals surface area (Å²) in [6.45, 7) is 1.70. The third-order valence-corrected chi connectivity index (χ3v) is 7.74. The van der Waals surface area contributed by atoms with Gasteiger partial charge in [0.1, 0.15) is 16.4 Å². The van der Waals surface area contributed by atoms with Gasteiger partial charge in [-0.25, -0.2) is 4.39 Å². The van der Waals surface area contributed by atoms with Gasteiger partial charge in [-0.15, -0.1) is 0 Å². The Labute approximate surface area is 155 Å². The van der Waals surface area contributed by atoms with Gasteiger partial charge in [0.25, 0.3) is 0 Å². The van der Waals surface area contributed by atoms with Gasteiger partial charge in [-0.05, 0) is 36.5 Å². The molecule has 1 spiro atoms. The smallest absolute Gasteiger partial charge is 0.236 e. The zero-order chi connectivity index (χ0) is 18.3. The van der Waals surface area contributed by atoms with Crippen molar-refractivity contribution in [2.45, 2.75) is 37.0 Å². The van der Waals surface area contributed by atoms with Crippen LogP contribution >= 0.6 is 0 Å². The van der Waals surface area contributed by atoms with Crippen molar-refractivity contribution in [2.75, 3.05) is 25.4 Å². The molecule has 0 radical (unpaired) electrons. The summed E-state index contributed by atoms with van der Waals surface area (Å²) >= 11 is 0. The topological polar surface area (TPSA) is 57.7 Å². The van der Waals surface area contributed by atoms with Gasteiger partial charge in [-0.2, -0.15) is 0 Å². The largest absolute Gasteiger partial charge is 0.342 e. The van der Waals surface area contributed by atoms with Crippen molar-refractivity contribution in [3.05, 3.63) is 35.6 Å². The highest BCUT2D eigenvalue weighted by Gasteiger charge is 2.54. The van der Waals surface area contributed by atoms with Crippen LogP contribution in [-0.4, -0.2) is 56.1 Å². The number of piperidine rings is 1. The van der Waals surface area contributed by atoms with Crippen LogP contribution in [0.2, 0.25) is 0 Å². The second kappa shape index (κ2) is 6.76. The molecule has 1 aromatic carbocycles. The Balaban J connectivity index is 1.41. The van der Waals surface area contributed by atoms with Crippen LogP contribution in [0.5, 0.6) is 0 Å². The lowest BCUT2D eigenvalue weighted by atomic mass is 10.0. The number of rotatable bonds is 4. The van der Waals surface area contributed by atoms with Crippen LogP contribution in [0.4, 0.5) is 4.39 Å². The standard InChI is InChI=1S/C19H23FN2O3S/c20-16-3-1-2-15(10-16)11-17(23)21-8-6-19(7-9-21)22(12-14-4-5-14)18(24)13-26(19)25/h1-3,10,14H,4-9,11-13H2. The van der Waals surface area contributed by atoms with Crippen molar-refractivity contribution in [2.24, 2.45) is 5.92 Å². The summed E-state index contributed by atoms with van der Waals surface area (Å²) in [7, 11) is -1.20. The van der Waals surface area contributed by atoms with Gasteiger partial charge >= 0.3 is 0 Å². The van der Waals surface area contributed by atoms with Crippen molar-refractivity contribution < 1.29 is 18.2 Å². The molecule has 3 aliphatic rings. The maximum Gasteiger partial charge on any atom is 0.236 e. The molecule has 7 heteroatoms. The van der Waals surface area contributed by atoms with Crippen molar-refractivity contribution in [1.29, 1.82) is 0 Å². The maximum absolute atomic E-state index is 13.3. The van der Waals surface area contributed by atoms with Gasteiger partial charge < -0.3 is 9.80 Å². The summed E-state index contributed by atoms with van der Waals surface area (Å²) in [4.78, 5) is 27.9. The molecule has 1 aliphatic carbocycles. The van der Waals surface area contributed by atoms with Crippen molar-refractivity contribution >= 4 is 22.6 Å². The third kappa shape index (κ3) is 3.29. The monoisotopic (exact) mass is 378 g/mol. The zero-order valence-corrected chi connectivity index (χ0v) is 15.5. The SMILES string of the molecule is O=C(Cc1cccc(F)c1)N1CCC2(CC1)N(CC1CC1)C(=O)CS2=O. The summed E-state index contributed by atoms with van der Waals surface area (Å²) in [5.41, 5.74) is 0.658. The fraction of sp³-hybridized carbons (Fsp3) is 0.579. The molecule has 2 saturated heterocycles. The van der Waals surface area contributed by atoms with Gasteiger partial charge in [-0.1, -0.05) is 12.1 Å². The number of carbonyl (C=O) groups excluding carboxylic acids is 2. The van der Waals surface area contributed by atoms with Gasteiger partial charge in [0.2, 0.25) is 11.8 Å². The second-order valence-electron chi connectivity index (χ2n) is 7.57. The van der Waals surface area contributed by atoms with Crippen LogP contribution in [0.15, 0.2) is 24.3 Å². The Hall–Kier alpha value is -1.76. The summed E-state index contributed by atoms with van der Waals surface area (Å²) < 4.78 is 26.0. The van der Waals surface area contributed by atoms with Crippen LogP contribution in [0.3, 0.4) is 0 Å². The molecule has 0 N–H and O–H groups in total. The van der Waals surface area contributed by atoms with E-state index in [1.165, 1.54) is 12.1 Å². The maximum atomic E-state index is 13.3. The Morgan fingerprint density at radius 1 is 1.27 bits per heavy atom. The first-order chi connectivity index (χ1) is 12.5. The predicted molar refractivity (Wildman–Crippen MR) is 96.1 cm³/mol. The van der Waals surface area contributed by atoms with Gasteiger partial charge in [0.15, 0.2) is 0 Å². The van der Waals surface area contributed by atoms with Gasteiger partial charge in [0.05, 0.1) is 17.2 Å². The number of nitrogens with zero attached hydrogens (tertiary/aromatic N) is 2. The van der Waals surface area contributed by atoms with Crippen LogP contribution < -0.4 is 0 Å². The number of carbonyl (C=O) groups is 2. The van der Waals surface area contributed by atoms with E-state index in [1.54, 1.807) is 17.0 Å². The molecule has 1 atom stereocenters. The van der Waals surface area contributed by atoms with Crippen molar-refractivity contribution in [3.8, 4) is 0 Å². The number of likely N-dealkylation sites (tertiary alicyclic amines) is 1. The lowest BCUT2D eigenvalue weighted by Gasteiger charge is -2.43. The molecular formula is C19H23FN2O3S. The second-order valence-corrected chi connectivity index (χ2v) is 9.31. The van der Waals surface area contributed by atoms with Gasteiger partial charge in [0, 0.05) is 32.5 Å². The lowest BCUT2D eigenvalue weighted by molar-refractivity contribution is -0.135. The van der Waals surface area contributed by atoms with E-state index in [2.05, 4.69) is 0 Å². The zero-order valence-electron chi connectivity index (χ0n) is 14.7. The molecule has 2 heterocycles. The predicted octanol–water partition coefficient (Wildman–Crippen LogP) is 1.69. The van der Waals surface area contributed by atoms with Crippen molar-refractivity contribution in [3.63, 3.8) is 0 Å². The molecule has 2 amide bonds. The van der Waals surface area contributed by atoms with Crippen LogP contribution in [0.1, 0.15) is 31.2 Å². The van der Waals surface area contributed by atoms with E-state index in [9.17, 15) is 18.2 Å². The summed E-state index contributed by atoms with van der Waals surface area (Å²) in [6.07, 6.45) is 3.58. The first-order valence-corrected chi connectivity index (χ1v) is 10.5. The third-order valence-electron chi connectivity index (χ3n) is 5.75. The van der Waals surface area contributed by atoms with Crippen LogP contribution in [0, 0.1) is 11.7 Å². The molecule has 0 bridgehead atoms. The molecule has 1 aromatic rings. The fourth-order valence-corrected chi connectivity index (χ4v) is 5.75. The molecule has 26 heavy (non-hydrogen) atoms. The number of hydrogen-bond donors (Lipinski definition) is 0. The summed E-state index contributed by atoms with van der Waals surface area (Å²) in [5.74, 6) is 0.273. The quantitative estimate of drug-likeness (QED) is 0.801. The highest BCUT2D eigenvalue weighted by molar-refractivity contribution is 7.87. The minimum atomic E-state index is -1.20. The molecule has 0 aromatic heterocycles. The highest BCUT2D eigenvalue weighted by Crippen LogP contribution is 2.41. The molecule has 2 aliphatic heterocycles. The summed E-state index contributed by atoms with van der Waals surface area (Å²) in [5, 5.41) is 0. The van der Waals surface area contributed by atoms with Gasteiger partial charge in [-0.3, -0.25) is 13.8 Å². The Kier molecular flexibility index (Phi) is 4.59. The molecule has 4 rings (SSSR count). The fourth-order valence-electron chi connectivity index (χ4n) is 4.04. The normalized spacial score (nSPS) is 25.1. The first kappa shape index (κ1) is 17.6. The molecule has 140 valence electrons. The number of hydrogen-bond acceptors (Lipinski definition) is 3. The van der Waals surface area contributed by atoms with E-state index in [0.717, 1.165) is 12.8 Å². The van der Waals surface area contributed by atoms with E-state index in [1.807, 2.05) is 4.90 Å². The summed E-state index contributed by atoms with van der Waals surface area (Å²) in [6, 6.07) is 6.09. The molecule has 1 unspecified atom stereocenters.